The standard InChI is InChI=1S/C18H26FN5S2/c1-5-20-17(22-10-16-12-26-18(23-16)24(2)3)21-9-13-6-7-15(19)8-14(13)11-25-4/h6-8,12H,5,9-11H2,1-4H3,(H2,20,21,22). The first kappa shape index (κ1) is 20.5. The van der Waals surface area contributed by atoms with Crippen molar-refractivity contribution in [2.45, 2.75) is 25.8 Å². The molecule has 0 aliphatic carbocycles. The van der Waals surface area contributed by atoms with E-state index < -0.39 is 0 Å². The number of halogens is 1. The monoisotopic (exact) mass is 395 g/mol. The van der Waals surface area contributed by atoms with E-state index in [0.29, 0.717) is 13.1 Å². The van der Waals surface area contributed by atoms with Crippen molar-refractivity contribution >= 4 is 34.2 Å². The van der Waals surface area contributed by atoms with Crippen molar-refractivity contribution in [3.05, 3.63) is 46.2 Å². The highest BCUT2D eigenvalue weighted by Gasteiger charge is 2.07. The third-order valence-electron chi connectivity index (χ3n) is 3.58. The fraction of sp³-hybridized carbons (Fsp3) is 0.444. The fourth-order valence-corrected chi connectivity index (χ4v) is 3.64. The van der Waals surface area contributed by atoms with Gasteiger partial charge in [0.15, 0.2) is 11.1 Å². The van der Waals surface area contributed by atoms with Crippen molar-refractivity contribution in [1.29, 1.82) is 0 Å². The molecule has 142 valence electrons. The molecular formula is C18H26FN5S2. The lowest BCUT2D eigenvalue weighted by Crippen LogP contribution is -2.36. The Balaban J connectivity index is 2.04. The van der Waals surface area contributed by atoms with E-state index >= 15 is 0 Å². The van der Waals surface area contributed by atoms with Crippen LogP contribution in [-0.4, -0.2) is 37.8 Å². The van der Waals surface area contributed by atoms with E-state index in [1.807, 2.05) is 43.6 Å². The van der Waals surface area contributed by atoms with Crippen LogP contribution < -0.4 is 15.5 Å². The summed E-state index contributed by atoms with van der Waals surface area (Å²) in [6, 6.07) is 4.91. The first-order chi connectivity index (χ1) is 12.5. The minimum absolute atomic E-state index is 0.202. The van der Waals surface area contributed by atoms with Crippen molar-refractivity contribution in [1.82, 2.24) is 15.6 Å². The lowest BCUT2D eigenvalue weighted by Gasteiger charge is -2.12. The number of thioether (sulfide) groups is 1. The van der Waals surface area contributed by atoms with Gasteiger partial charge in [0.05, 0.1) is 18.8 Å². The predicted molar refractivity (Wildman–Crippen MR) is 112 cm³/mol. The number of guanidine groups is 1. The Morgan fingerprint density at radius 3 is 2.77 bits per heavy atom. The summed E-state index contributed by atoms with van der Waals surface area (Å²) < 4.78 is 13.5. The van der Waals surface area contributed by atoms with Crippen LogP contribution in [0.2, 0.25) is 0 Å². The normalized spacial score (nSPS) is 11.5. The third kappa shape index (κ3) is 6.17. The summed E-state index contributed by atoms with van der Waals surface area (Å²) in [6.07, 6.45) is 2.01. The van der Waals surface area contributed by atoms with Crippen LogP contribution in [0, 0.1) is 5.82 Å². The summed E-state index contributed by atoms with van der Waals surface area (Å²) in [5, 5.41) is 9.58. The van der Waals surface area contributed by atoms with Crippen molar-refractivity contribution in [3.63, 3.8) is 0 Å². The maximum absolute atomic E-state index is 13.5. The van der Waals surface area contributed by atoms with E-state index in [9.17, 15) is 4.39 Å². The van der Waals surface area contributed by atoms with E-state index in [4.69, 9.17) is 0 Å². The minimum Gasteiger partial charge on any atom is -0.357 e. The second-order valence-corrected chi connectivity index (χ2v) is 7.61. The Kier molecular flexibility index (Phi) is 8.18. The number of rotatable bonds is 8. The molecule has 26 heavy (non-hydrogen) atoms. The molecule has 0 radical (unpaired) electrons. The Morgan fingerprint density at radius 2 is 2.12 bits per heavy atom. The molecule has 0 unspecified atom stereocenters. The largest absolute Gasteiger partial charge is 0.357 e. The Labute approximate surface area is 163 Å². The van der Waals surface area contributed by atoms with Gasteiger partial charge >= 0.3 is 0 Å². The molecule has 0 spiro atoms. The van der Waals surface area contributed by atoms with E-state index in [1.54, 1.807) is 29.2 Å². The van der Waals surface area contributed by atoms with Crippen LogP contribution in [0.4, 0.5) is 9.52 Å². The molecule has 1 aromatic heterocycles. The first-order valence-corrected chi connectivity index (χ1v) is 10.7. The van der Waals surface area contributed by atoms with Gasteiger partial charge in [0.1, 0.15) is 5.82 Å². The van der Waals surface area contributed by atoms with Gasteiger partial charge < -0.3 is 15.5 Å². The number of hydrogen-bond donors (Lipinski definition) is 2. The van der Waals surface area contributed by atoms with E-state index in [2.05, 4.69) is 20.6 Å². The lowest BCUT2D eigenvalue weighted by molar-refractivity contribution is 0.625. The van der Waals surface area contributed by atoms with Gasteiger partial charge in [-0.05, 0) is 36.4 Å². The number of aromatic nitrogens is 1. The van der Waals surface area contributed by atoms with Crippen LogP contribution in [0.5, 0.6) is 0 Å². The van der Waals surface area contributed by atoms with Crippen LogP contribution in [-0.2, 0) is 18.8 Å². The number of nitrogens with zero attached hydrogens (tertiary/aromatic N) is 3. The Hall–Kier alpha value is -1.80. The highest BCUT2D eigenvalue weighted by atomic mass is 32.2. The average molecular weight is 396 g/mol. The second-order valence-electron chi connectivity index (χ2n) is 5.91. The Morgan fingerprint density at radius 1 is 1.31 bits per heavy atom. The van der Waals surface area contributed by atoms with Crippen LogP contribution in [0.3, 0.4) is 0 Å². The van der Waals surface area contributed by atoms with Gasteiger partial charge in [0.25, 0.3) is 0 Å². The molecule has 0 aliphatic heterocycles. The molecule has 2 aromatic rings. The number of hydrogen-bond acceptors (Lipinski definition) is 5. The van der Waals surface area contributed by atoms with Crippen LogP contribution in [0.1, 0.15) is 23.7 Å². The highest BCUT2D eigenvalue weighted by Crippen LogP contribution is 2.18. The summed E-state index contributed by atoms with van der Waals surface area (Å²) >= 11 is 3.30. The zero-order valence-corrected chi connectivity index (χ0v) is 17.3. The van der Waals surface area contributed by atoms with Crippen LogP contribution in [0.15, 0.2) is 28.6 Å². The van der Waals surface area contributed by atoms with Crippen molar-refractivity contribution in [2.75, 3.05) is 31.8 Å². The van der Waals surface area contributed by atoms with E-state index in [0.717, 1.165) is 40.2 Å². The molecule has 0 saturated heterocycles. The topological polar surface area (TPSA) is 52.6 Å². The molecule has 8 heteroatoms. The first-order valence-electron chi connectivity index (χ1n) is 8.43. The SMILES string of the molecule is CCNC(=NCc1ccc(F)cc1CSC)NCc1csc(N(C)C)n1. The molecule has 0 bridgehead atoms. The van der Waals surface area contributed by atoms with E-state index in [-0.39, 0.29) is 5.82 Å². The molecule has 2 N–H and O–H groups in total. The summed E-state index contributed by atoms with van der Waals surface area (Å²) in [4.78, 5) is 11.2. The highest BCUT2D eigenvalue weighted by molar-refractivity contribution is 7.97. The van der Waals surface area contributed by atoms with Gasteiger partial charge in [-0.15, -0.1) is 11.3 Å². The van der Waals surface area contributed by atoms with E-state index in [1.165, 1.54) is 6.07 Å². The fourth-order valence-electron chi connectivity index (χ4n) is 2.30. The summed E-state index contributed by atoms with van der Waals surface area (Å²) in [6.45, 7) is 3.91. The van der Waals surface area contributed by atoms with Crippen molar-refractivity contribution < 1.29 is 4.39 Å². The number of anilines is 1. The van der Waals surface area contributed by atoms with Crippen molar-refractivity contribution in [2.24, 2.45) is 4.99 Å². The zero-order valence-electron chi connectivity index (χ0n) is 15.7. The Bertz CT molecular complexity index is 730. The molecule has 0 saturated carbocycles. The van der Waals surface area contributed by atoms with Crippen molar-refractivity contribution in [3.8, 4) is 0 Å². The summed E-state index contributed by atoms with van der Waals surface area (Å²) in [5.41, 5.74) is 3.02. The number of aliphatic imine (C=N–C) groups is 1. The molecule has 1 heterocycles. The zero-order chi connectivity index (χ0) is 18.9. The second kappa shape index (κ2) is 10.4. The molecule has 5 nitrogen and oxygen atoms in total. The van der Waals surface area contributed by atoms with Gasteiger partial charge in [0.2, 0.25) is 0 Å². The maximum Gasteiger partial charge on any atom is 0.191 e. The van der Waals surface area contributed by atoms with Gasteiger partial charge in [-0.25, -0.2) is 14.4 Å². The summed E-state index contributed by atoms with van der Waals surface area (Å²) in [5.74, 6) is 1.30. The average Bonchev–Trinajstić information content (AvgIpc) is 3.08. The van der Waals surface area contributed by atoms with Gasteiger partial charge in [0, 0.05) is 31.8 Å². The number of nitrogens with one attached hydrogen (secondary N) is 2. The third-order valence-corrected chi connectivity index (χ3v) is 5.24. The maximum atomic E-state index is 13.5. The molecule has 0 atom stereocenters. The quantitative estimate of drug-likeness (QED) is 0.530. The van der Waals surface area contributed by atoms with Crippen LogP contribution >= 0.6 is 23.1 Å². The molecule has 0 fully saturated rings. The molecule has 0 aliphatic rings. The molecular weight excluding hydrogens is 369 g/mol. The molecule has 1 aromatic carbocycles. The number of benzene rings is 1. The smallest absolute Gasteiger partial charge is 0.191 e. The lowest BCUT2D eigenvalue weighted by atomic mass is 10.1. The van der Waals surface area contributed by atoms with Crippen LogP contribution in [0.25, 0.3) is 0 Å². The summed E-state index contributed by atoms with van der Waals surface area (Å²) in [7, 11) is 3.97. The predicted octanol–water partition coefficient (Wildman–Crippen LogP) is 3.47. The van der Waals surface area contributed by atoms with Gasteiger partial charge in [-0.1, -0.05) is 6.07 Å². The molecule has 2 rings (SSSR count). The van der Waals surface area contributed by atoms with Gasteiger partial charge in [-0.3, -0.25) is 0 Å². The number of thiazole rings is 1. The van der Waals surface area contributed by atoms with Gasteiger partial charge in [-0.2, -0.15) is 11.8 Å². The minimum atomic E-state index is -0.202. The molecule has 0 amide bonds.